The second kappa shape index (κ2) is 10.8. The number of carbonyl (C=O) groups is 3. The summed E-state index contributed by atoms with van der Waals surface area (Å²) in [5.41, 5.74) is 8.72. The van der Waals surface area contributed by atoms with Crippen LogP contribution >= 0.6 is 0 Å². The Morgan fingerprint density at radius 2 is 1.95 bits per heavy atom. The van der Waals surface area contributed by atoms with Gasteiger partial charge in [-0.2, -0.15) is 18.3 Å². The molecule has 7 N–H and O–H groups in total. The summed E-state index contributed by atoms with van der Waals surface area (Å²) in [5.74, 6) is -7.08. The minimum absolute atomic E-state index is 0.00912. The summed E-state index contributed by atoms with van der Waals surface area (Å²) < 4.78 is 69.8. The zero-order valence-electron chi connectivity index (χ0n) is 20.4. The van der Waals surface area contributed by atoms with Crippen LogP contribution in [-0.4, -0.2) is 57.9 Å². The number of hydrogen-bond acceptors (Lipinski definition) is 7. The van der Waals surface area contributed by atoms with Crippen LogP contribution in [0, 0.1) is 5.82 Å². The predicted molar refractivity (Wildman–Crippen MR) is 132 cm³/mol. The van der Waals surface area contributed by atoms with Crippen molar-refractivity contribution >= 4 is 40.3 Å². The van der Waals surface area contributed by atoms with E-state index in [0.717, 1.165) is 16.8 Å². The number of nitrogens with two attached hydrogens (primary N) is 2. The number of benzene rings is 2. The summed E-state index contributed by atoms with van der Waals surface area (Å²) in [6, 6.07) is 2.99. The third kappa shape index (κ3) is 5.64. The number of hydrogen-bond donors (Lipinski definition) is 5. The largest absolute Gasteiger partial charge is 0.481 e. The van der Waals surface area contributed by atoms with Gasteiger partial charge >= 0.3 is 12.1 Å². The molecule has 0 spiro atoms. The van der Waals surface area contributed by atoms with Crippen LogP contribution in [0.3, 0.4) is 0 Å². The van der Waals surface area contributed by atoms with Crippen molar-refractivity contribution in [3.05, 3.63) is 59.0 Å². The molecule has 4 rings (SSSR count). The molecule has 16 heteroatoms. The van der Waals surface area contributed by atoms with Gasteiger partial charge < -0.3 is 27.2 Å². The Labute approximate surface area is 222 Å². The molecule has 2 aromatic carbocycles. The van der Waals surface area contributed by atoms with E-state index in [0.29, 0.717) is 6.07 Å². The Bertz CT molecular complexity index is 1520. The first-order valence-electron chi connectivity index (χ1n) is 11.6. The third-order valence-corrected chi connectivity index (χ3v) is 6.26. The minimum Gasteiger partial charge on any atom is -0.481 e. The monoisotopic (exact) mass is 567 g/mol. The minimum atomic E-state index is -5.11. The van der Waals surface area contributed by atoms with Crippen LogP contribution < -0.4 is 22.1 Å². The zero-order chi connectivity index (χ0) is 29.4. The number of carboxylic acid groups (broad SMARTS) is 1. The molecule has 0 saturated carbocycles. The number of alkyl halides is 4. The Kier molecular flexibility index (Phi) is 7.61. The quantitative estimate of drug-likeness (QED) is 0.259. The Morgan fingerprint density at radius 1 is 1.23 bits per heavy atom. The first kappa shape index (κ1) is 28.3. The molecule has 3 atom stereocenters. The van der Waals surface area contributed by atoms with Crippen LogP contribution in [0.5, 0.6) is 0 Å². The molecule has 212 valence electrons. The third-order valence-electron chi connectivity index (χ3n) is 6.26. The van der Waals surface area contributed by atoms with E-state index in [4.69, 9.17) is 11.5 Å². The van der Waals surface area contributed by atoms with E-state index in [1.54, 1.807) is 0 Å². The number of aliphatic imine (C=N–C) groups is 1. The number of halogens is 5. The summed E-state index contributed by atoms with van der Waals surface area (Å²) in [4.78, 5) is 40.6. The normalized spacial score (nSPS) is 17.0. The molecule has 40 heavy (non-hydrogen) atoms. The van der Waals surface area contributed by atoms with Gasteiger partial charge in [-0.05, 0) is 23.8 Å². The average Bonchev–Trinajstić information content (AvgIpc) is 3.28. The molecule has 3 aromatic rings. The molecule has 1 aliphatic rings. The first-order chi connectivity index (χ1) is 18.8. The van der Waals surface area contributed by atoms with Gasteiger partial charge in [0.05, 0.1) is 42.5 Å². The summed E-state index contributed by atoms with van der Waals surface area (Å²) in [7, 11) is 0. The average molecular weight is 567 g/mol. The van der Waals surface area contributed by atoms with E-state index in [-0.39, 0.29) is 41.2 Å². The lowest BCUT2D eigenvalue weighted by atomic mass is 9.86. The molecule has 2 heterocycles. The molecule has 1 aromatic heterocycles. The van der Waals surface area contributed by atoms with Gasteiger partial charge in [0, 0.05) is 16.9 Å². The maximum absolute atomic E-state index is 15.2. The summed E-state index contributed by atoms with van der Waals surface area (Å²) >= 11 is 0. The molecule has 11 nitrogen and oxygen atoms in total. The van der Waals surface area contributed by atoms with Crippen LogP contribution in [0.2, 0.25) is 0 Å². The van der Waals surface area contributed by atoms with Gasteiger partial charge in [0.1, 0.15) is 18.0 Å². The second-order valence-electron chi connectivity index (χ2n) is 8.96. The topological polar surface area (TPSA) is 178 Å². The lowest BCUT2D eigenvalue weighted by Crippen LogP contribution is -2.41. The number of nitrogens with zero attached hydrogens (tertiary/aromatic N) is 3. The number of aromatic nitrogens is 2. The summed E-state index contributed by atoms with van der Waals surface area (Å²) in [6.45, 7) is -0.191. The molecule has 0 radical (unpaired) electrons. The van der Waals surface area contributed by atoms with Crippen molar-refractivity contribution in [2.24, 2.45) is 16.5 Å². The number of nitrogens with one attached hydrogen (secondary N) is 2. The van der Waals surface area contributed by atoms with Crippen molar-refractivity contribution in [1.82, 2.24) is 15.1 Å². The second-order valence-corrected chi connectivity index (χ2v) is 8.96. The number of amides is 2. The first-order valence-corrected chi connectivity index (χ1v) is 11.6. The Hall–Kier alpha value is -4.76. The van der Waals surface area contributed by atoms with E-state index >= 15 is 4.39 Å². The van der Waals surface area contributed by atoms with Gasteiger partial charge in [-0.25, -0.2) is 13.8 Å². The zero-order valence-corrected chi connectivity index (χ0v) is 20.4. The lowest BCUT2D eigenvalue weighted by molar-refractivity contribution is -0.140. The number of guanidine groups is 1. The maximum atomic E-state index is 15.2. The highest BCUT2D eigenvalue weighted by atomic mass is 19.4. The van der Waals surface area contributed by atoms with Crippen molar-refractivity contribution < 1.29 is 41.4 Å². The standard InChI is InChI=1S/C24H22F5N7O4/c25-11-7-32-23(33-8-11)35-16-4-10(21(30)39)5-17-14(16)9-34-36(17)20(22(31)40)13(6-18(37)38)12-2-1-3-15(19(12)26)24(27,28)29/h1-5,9,11,13,20H,6-8H2,(H2,30,39)(H2,31,40)(H,37,38)(H2,32,33,35)/t13-,20?/m0/s1. The van der Waals surface area contributed by atoms with Gasteiger partial charge in [0.15, 0.2) is 5.96 Å². The van der Waals surface area contributed by atoms with Crippen molar-refractivity contribution in [3.63, 3.8) is 0 Å². The highest BCUT2D eigenvalue weighted by Gasteiger charge is 2.40. The smallest absolute Gasteiger partial charge is 0.419 e. The van der Waals surface area contributed by atoms with Crippen molar-refractivity contribution in [1.29, 1.82) is 0 Å². The molecule has 0 bridgehead atoms. The van der Waals surface area contributed by atoms with Crippen molar-refractivity contribution in [2.75, 3.05) is 18.4 Å². The van der Waals surface area contributed by atoms with Gasteiger partial charge in [0.25, 0.3) is 0 Å². The number of anilines is 1. The summed E-state index contributed by atoms with van der Waals surface area (Å²) in [6.07, 6.45) is -6.12. The van der Waals surface area contributed by atoms with Gasteiger partial charge in [-0.15, -0.1) is 0 Å². The van der Waals surface area contributed by atoms with Crippen LogP contribution in [0.1, 0.15) is 39.9 Å². The molecule has 0 fully saturated rings. The molecule has 1 aliphatic heterocycles. The fourth-order valence-corrected chi connectivity index (χ4v) is 4.47. The van der Waals surface area contributed by atoms with E-state index < -0.39 is 65.5 Å². The van der Waals surface area contributed by atoms with E-state index in [1.165, 1.54) is 18.3 Å². The molecular formula is C24H22F5N7O4. The number of carboxylic acids is 1. The number of fused-ring (bicyclic) bond motifs is 1. The van der Waals surface area contributed by atoms with Gasteiger partial charge in [-0.3, -0.25) is 19.1 Å². The van der Waals surface area contributed by atoms with Crippen LogP contribution in [-0.2, 0) is 15.8 Å². The fraction of sp³-hybridized carbons (Fsp3) is 0.292. The van der Waals surface area contributed by atoms with Crippen molar-refractivity contribution in [3.8, 4) is 0 Å². The molecule has 2 amide bonds. The van der Waals surface area contributed by atoms with Crippen LogP contribution in [0.25, 0.3) is 10.9 Å². The SMILES string of the molecule is NC(=O)c1cc(NC2=NCC(F)CN2)c2cnn(C(C(N)=O)[C@@H](CC(=O)O)c3cccc(C(F)(F)F)c3F)c2c1. The number of primary amides is 2. The lowest BCUT2D eigenvalue weighted by Gasteiger charge is -2.26. The van der Waals surface area contributed by atoms with Gasteiger partial charge in [-0.1, -0.05) is 12.1 Å². The van der Waals surface area contributed by atoms with E-state index in [1.807, 2.05) is 0 Å². The van der Waals surface area contributed by atoms with Crippen molar-refractivity contribution in [2.45, 2.75) is 30.7 Å². The Morgan fingerprint density at radius 3 is 2.52 bits per heavy atom. The number of rotatable bonds is 8. The molecule has 2 unspecified atom stereocenters. The molecule has 0 saturated heterocycles. The predicted octanol–water partition coefficient (Wildman–Crippen LogP) is 2.29. The van der Waals surface area contributed by atoms with Gasteiger partial charge in [0.2, 0.25) is 11.8 Å². The fourth-order valence-electron chi connectivity index (χ4n) is 4.47. The Balaban J connectivity index is 1.90. The molecule has 0 aliphatic carbocycles. The highest BCUT2D eigenvalue weighted by Crippen LogP contribution is 2.40. The van der Waals surface area contributed by atoms with E-state index in [2.05, 4.69) is 20.7 Å². The number of carbonyl (C=O) groups excluding carboxylic acids is 2. The van der Waals surface area contributed by atoms with Crippen LogP contribution in [0.4, 0.5) is 27.6 Å². The highest BCUT2D eigenvalue weighted by molar-refractivity contribution is 6.07. The van der Waals surface area contributed by atoms with E-state index in [9.17, 15) is 37.1 Å². The van der Waals surface area contributed by atoms with Crippen LogP contribution in [0.15, 0.2) is 41.5 Å². The number of aliphatic carboxylic acids is 1. The maximum Gasteiger partial charge on any atom is 0.419 e. The summed E-state index contributed by atoms with van der Waals surface area (Å²) in [5, 5.41) is 19.4. The molecular weight excluding hydrogens is 545 g/mol.